The number of hydrogen-bond acceptors (Lipinski definition) is 3. The van der Waals surface area contributed by atoms with E-state index in [9.17, 15) is 14.7 Å². The van der Waals surface area contributed by atoms with Crippen molar-refractivity contribution in [1.29, 1.82) is 0 Å². The second kappa shape index (κ2) is 8.61. The van der Waals surface area contributed by atoms with E-state index in [1.165, 1.54) is 4.90 Å². The Balaban J connectivity index is 1.93. The van der Waals surface area contributed by atoms with Gasteiger partial charge in [-0.15, -0.1) is 0 Å². The first-order valence-corrected chi connectivity index (χ1v) is 9.74. The van der Waals surface area contributed by atoms with Gasteiger partial charge in [0.15, 0.2) is 0 Å². The third-order valence-electron chi connectivity index (χ3n) is 5.58. The summed E-state index contributed by atoms with van der Waals surface area (Å²) in [5.41, 5.74) is 3.59. The number of nitrogens with zero attached hydrogens (tertiary/aromatic N) is 2. The molecule has 150 valence electrons. The monoisotopic (exact) mass is 384 g/mol. The molecule has 1 N–H and O–H groups in total. The number of rotatable bonds is 6. The number of aromatic nitrogens is 1. The lowest BCUT2D eigenvalue weighted by atomic mass is 10.1. The first kappa shape index (κ1) is 20.1. The average molecular weight is 384 g/mol. The van der Waals surface area contributed by atoms with E-state index in [0.717, 1.165) is 17.0 Å². The molecule has 1 saturated heterocycles. The normalized spacial score (nSPS) is 16.0. The second-order valence-corrected chi connectivity index (χ2v) is 7.41. The van der Waals surface area contributed by atoms with Crippen LogP contribution in [0.1, 0.15) is 53.1 Å². The second-order valence-electron chi connectivity index (χ2n) is 7.41. The lowest BCUT2D eigenvalue weighted by molar-refractivity contribution is -0.138. The van der Waals surface area contributed by atoms with Gasteiger partial charge in [-0.05, 0) is 45.2 Å². The van der Waals surface area contributed by atoms with E-state index >= 15 is 0 Å². The Labute approximate surface area is 165 Å². The summed E-state index contributed by atoms with van der Waals surface area (Å²) >= 11 is 0. The minimum atomic E-state index is -0.994. The smallest absolute Gasteiger partial charge is 0.323 e. The first-order chi connectivity index (χ1) is 13.4. The summed E-state index contributed by atoms with van der Waals surface area (Å²) in [5.74, 6) is -1.21. The quantitative estimate of drug-likeness (QED) is 0.828. The molecular weight excluding hydrogens is 356 g/mol. The van der Waals surface area contributed by atoms with Crippen molar-refractivity contribution < 1.29 is 19.4 Å². The first-order valence-electron chi connectivity index (χ1n) is 9.74. The van der Waals surface area contributed by atoms with Crippen molar-refractivity contribution in [1.82, 2.24) is 9.47 Å². The van der Waals surface area contributed by atoms with Crippen molar-refractivity contribution >= 4 is 11.9 Å². The van der Waals surface area contributed by atoms with E-state index in [-0.39, 0.29) is 24.5 Å². The zero-order valence-electron chi connectivity index (χ0n) is 16.7. The van der Waals surface area contributed by atoms with Crippen LogP contribution in [0.25, 0.3) is 0 Å². The topological polar surface area (TPSA) is 71.8 Å². The van der Waals surface area contributed by atoms with Crippen molar-refractivity contribution in [3.05, 3.63) is 58.9 Å². The summed E-state index contributed by atoms with van der Waals surface area (Å²) in [6.45, 7) is 6.84. The molecule has 1 aliphatic heterocycles. The fraction of sp³-hybridized carbons (Fsp3) is 0.455. The SMILES string of the molecule is Cc1cc(C(=O)N(CC(=O)O)C2CCOCC2)c(C)n1C(C)c1ccccc1. The molecule has 0 spiro atoms. The summed E-state index contributed by atoms with van der Waals surface area (Å²) in [5, 5.41) is 9.35. The lowest BCUT2D eigenvalue weighted by Gasteiger charge is -2.33. The van der Waals surface area contributed by atoms with Gasteiger partial charge in [0, 0.05) is 30.6 Å². The van der Waals surface area contributed by atoms with E-state index in [2.05, 4.69) is 23.6 Å². The van der Waals surface area contributed by atoms with E-state index < -0.39 is 5.97 Å². The van der Waals surface area contributed by atoms with Gasteiger partial charge in [0.1, 0.15) is 6.54 Å². The summed E-state index contributed by atoms with van der Waals surface area (Å²) < 4.78 is 7.52. The van der Waals surface area contributed by atoms with Crippen LogP contribution in [0.3, 0.4) is 0 Å². The van der Waals surface area contributed by atoms with Gasteiger partial charge >= 0.3 is 5.97 Å². The molecule has 1 fully saturated rings. The van der Waals surface area contributed by atoms with Gasteiger partial charge in [0.2, 0.25) is 0 Å². The highest BCUT2D eigenvalue weighted by atomic mass is 16.5. The Hall–Kier alpha value is -2.60. The van der Waals surface area contributed by atoms with Crippen LogP contribution in [0.5, 0.6) is 0 Å². The third kappa shape index (κ3) is 4.12. The number of carbonyl (C=O) groups is 2. The van der Waals surface area contributed by atoms with Gasteiger partial charge in [-0.1, -0.05) is 30.3 Å². The molecule has 3 rings (SSSR count). The Morgan fingerprint density at radius 1 is 1.21 bits per heavy atom. The summed E-state index contributed by atoms with van der Waals surface area (Å²) in [6, 6.07) is 12.0. The minimum absolute atomic E-state index is 0.0822. The standard InChI is InChI=1S/C22H28N2O4/c1-15-13-20(17(3)24(15)16(2)18-7-5-4-6-8-18)22(27)23(14-21(25)26)19-9-11-28-12-10-19/h4-8,13,16,19H,9-12,14H2,1-3H3,(H,25,26). The molecule has 0 radical (unpaired) electrons. The lowest BCUT2D eigenvalue weighted by Crippen LogP contribution is -2.46. The number of carboxylic acid groups (broad SMARTS) is 1. The van der Waals surface area contributed by atoms with E-state index in [0.29, 0.717) is 31.6 Å². The third-order valence-corrected chi connectivity index (χ3v) is 5.58. The number of carbonyl (C=O) groups excluding carboxylic acids is 1. The number of aliphatic carboxylic acids is 1. The van der Waals surface area contributed by atoms with Crippen molar-refractivity contribution in [3.8, 4) is 0 Å². The van der Waals surface area contributed by atoms with E-state index in [1.54, 1.807) is 0 Å². The van der Waals surface area contributed by atoms with Crippen molar-refractivity contribution in [2.45, 2.75) is 45.7 Å². The Morgan fingerprint density at radius 3 is 2.46 bits per heavy atom. The molecule has 1 aliphatic rings. The largest absolute Gasteiger partial charge is 0.480 e. The summed E-state index contributed by atoms with van der Waals surface area (Å²) in [4.78, 5) is 26.2. The summed E-state index contributed by atoms with van der Waals surface area (Å²) in [7, 11) is 0. The maximum Gasteiger partial charge on any atom is 0.323 e. The molecule has 0 bridgehead atoms. The fourth-order valence-corrected chi connectivity index (χ4v) is 4.13. The molecule has 6 nitrogen and oxygen atoms in total. The highest BCUT2D eigenvalue weighted by Gasteiger charge is 2.31. The van der Waals surface area contributed by atoms with Crippen LogP contribution in [-0.4, -0.2) is 52.3 Å². The van der Waals surface area contributed by atoms with Crippen molar-refractivity contribution in [2.75, 3.05) is 19.8 Å². The van der Waals surface area contributed by atoms with Crippen LogP contribution in [0.2, 0.25) is 0 Å². The molecule has 0 saturated carbocycles. The Bertz CT molecular complexity index is 838. The number of benzene rings is 1. The summed E-state index contributed by atoms with van der Waals surface area (Å²) in [6.07, 6.45) is 1.33. The maximum atomic E-state index is 13.3. The Morgan fingerprint density at radius 2 is 1.86 bits per heavy atom. The number of carboxylic acids is 1. The fourth-order valence-electron chi connectivity index (χ4n) is 4.13. The molecule has 2 heterocycles. The van der Waals surface area contributed by atoms with Crippen LogP contribution in [0, 0.1) is 13.8 Å². The molecule has 1 aromatic heterocycles. The van der Waals surface area contributed by atoms with Gasteiger partial charge in [0.05, 0.1) is 11.6 Å². The molecule has 2 aromatic rings. The minimum Gasteiger partial charge on any atom is -0.480 e. The van der Waals surface area contributed by atoms with Gasteiger partial charge < -0.3 is 19.3 Å². The maximum absolute atomic E-state index is 13.3. The molecule has 1 amide bonds. The molecule has 1 aromatic carbocycles. The number of hydrogen-bond donors (Lipinski definition) is 1. The van der Waals surface area contributed by atoms with Crippen molar-refractivity contribution in [2.24, 2.45) is 0 Å². The van der Waals surface area contributed by atoms with Crippen LogP contribution in [-0.2, 0) is 9.53 Å². The van der Waals surface area contributed by atoms with Crippen LogP contribution < -0.4 is 0 Å². The highest BCUT2D eigenvalue weighted by Crippen LogP contribution is 2.27. The van der Waals surface area contributed by atoms with Crippen molar-refractivity contribution in [3.63, 3.8) is 0 Å². The van der Waals surface area contributed by atoms with E-state index in [4.69, 9.17) is 4.74 Å². The van der Waals surface area contributed by atoms with Crippen LogP contribution >= 0.6 is 0 Å². The molecular formula is C22H28N2O4. The Kier molecular flexibility index (Phi) is 6.19. The van der Waals surface area contributed by atoms with Gasteiger partial charge in [0.25, 0.3) is 5.91 Å². The van der Waals surface area contributed by atoms with Gasteiger partial charge in [-0.25, -0.2) is 0 Å². The highest BCUT2D eigenvalue weighted by molar-refractivity contribution is 5.97. The molecule has 1 atom stereocenters. The van der Waals surface area contributed by atoms with Crippen LogP contribution in [0.4, 0.5) is 0 Å². The number of aryl methyl sites for hydroxylation is 1. The molecule has 1 unspecified atom stereocenters. The molecule has 6 heteroatoms. The zero-order chi connectivity index (χ0) is 20.3. The predicted molar refractivity (Wildman–Crippen MR) is 107 cm³/mol. The number of ether oxygens (including phenoxy) is 1. The van der Waals surface area contributed by atoms with E-state index in [1.807, 2.05) is 38.1 Å². The molecule has 0 aliphatic carbocycles. The predicted octanol–water partition coefficient (Wildman–Crippen LogP) is 3.42. The molecule has 28 heavy (non-hydrogen) atoms. The van der Waals surface area contributed by atoms with Gasteiger partial charge in [-0.2, -0.15) is 0 Å². The van der Waals surface area contributed by atoms with Gasteiger partial charge in [-0.3, -0.25) is 9.59 Å². The number of amides is 1. The van der Waals surface area contributed by atoms with Crippen LogP contribution in [0.15, 0.2) is 36.4 Å². The average Bonchev–Trinajstić information content (AvgIpc) is 3.00. The zero-order valence-corrected chi connectivity index (χ0v) is 16.7.